The molecule has 1 aliphatic carbocycles. The third-order valence-electron chi connectivity index (χ3n) is 2.89. The van der Waals surface area contributed by atoms with Gasteiger partial charge in [-0.1, -0.05) is 19.1 Å². The third-order valence-corrected chi connectivity index (χ3v) is 2.89. The minimum Gasteiger partial charge on any atom is -0.497 e. The number of benzene rings is 1. The van der Waals surface area contributed by atoms with Crippen molar-refractivity contribution in [1.82, 2.24) is 0 Å². The fourth-order valence-corrected chi connectivity index (χ4v) is 1.80. The van der Waals surface area contributed by atoms with Crippen molar-refractivity contribution in [2.24, 2.45) is 5.92 Å². The lowest BCUT2D eigenvalue weighted by Gasteiger charge is -2.01. The first kappa shape index (κ1) is 9.44. The summed E-state index contributed by atoms with van der Waals surface area (Å²) < 4.78 is 31.0. The van der Waals surface area contributed by atoms with Crippen LogP contribution in [-0.4, -0.2) is 13.0 Å². The van der Waals surface area contributed by atoms with Crippen molar-refractivity contribution < 1.29 is 13.5 Å². The number of alkyl halides is 2. The highest BCUT2D eigenvalue weighted by Gasteiger charge is 2.65. The maximum atomic E-state index is 13.0. The predicted molar refractivity (Wildman–Crippen MR) is 49.8 cm³/mol. The van der Waals surface area contributed by atoms with Gasteiger partial charge in [-0.15, -0.1) is 0 Å². The molecule has 0 heterocycles. The van der Waals surface area contributed by atoms with Crippen LogP contribution in [0.2, 0.25) is 0 Å². The topological polar surface area (TPSA) is 9.23 Å². The SMILES string of the molecule is COc1ccc([C@@H]2[C@@H](C)C2(F)F)cc1. The molecule has 0 saturated heterocycles. The maximum Gasteiger partial charge on any atom is 0.258 e. The quantitative estimate of drug-likeness (QED) is 0.709. The van der Waals surface area contributed by atoms with Gasteiger partial charge in [0.1, 0.15) is 5.75 Å². The molecular formula is C11H12F2O. The van der Waals surface area contributed by atoms with Crippen LogP contribution in [-0.2, 0) is 0 Å². The molecule has 1 nitrogen and oxygen atoms in total. The first-order valence-electron chi connectivity index (χ1n) is 4.59. The van der Waals surface area contributed by atoms with Gasteiger partial charge in [-0.05, 0) is 17.7 Å². The van der Waals surface area contributed by atoms with E-state index in [2.05, 4.69) is 0 Å². The van der Waals surface area contributed by atoms with Crippen LogP contribution in [0.4, 0.5) is 8.78 Å². The average Bonchev–Trinajstić information content (AvgIpc) is 2.67. The lowest BCUT2D eigenvalue weighted by atomic mass is 10.1. The van der Waals surface area contributed by atoms with Crippen LogP contribution in [0, 0.1) is 5.92 Å². The first-order valence-corrected chi connectivity index (χ1v) is 4.59. The van der Waals surface area contributed by atoms with Crippen molar-refractivity contribution in [2.75, 3.05) is 7.11 Å². The van der Waals surface area contributed by atoms with E-state index in [1.54, 1.807) is 38.3 Å². The number of hydrogen-bond donors (Lipinski definition) is 0. The molecule has 14 heavy (non-hydrogen) atoms. The maximum absolute atomic E-state index is 13.0. The molecule has 0 aromatic heterocycles. The largest absolute Gasteiger partial charge is 0.497 e. The highest BCUT2D eigenvalue weighted by Crippen LogP contribution is 2.61. The second kappa shape index (κ2) is 2.94. The van der Waals surface area contributed by atoms with Crippen LogP contribution in [0.1, 0.15) is 18.4 Å². The van der Waals surface area contributed by atoms with Crippen molar-refractivity contribution in [1.29, 1.82) is 0 Å². The van der Waals surface area contributed by atoms with Crippen molar-refractivity contribution >= 4 is 0 Å². The Kier molecular flexibility index (Phi) is 1.98. The Morgan fingerprint density at radius 1 is 1.21 bits per heavy atom. The molecule has 0 N–H and O–H groups in total. The first-order chi connectivity index (χ1) is 6.57. The summed E-state index contributed by atoms with van der Waals surface area (Å²) >= 11 is 0. The number of rotatable bonds is 2. The molecule has 0 bridgehead atoms. The molecule has 2 rings (SSSR count). The molecule has 1 aromatic rings. The Morgan fingerprint density at radius 2 is 1.71 bits per heavy atom. The van der Waals surface area contributed by atoms with Crippen LogP contribution < -0.4 is 4.74 Å². The van der Waals surface area contributed by atoms with E-state index in [0.29, 0.717) is 11.3 Å². The summed E-state index contributed by atoms with van der Waals surface area (Å²) in [5.74, 6) is -2.95. The molecule has 0 aliphatic heterocycles. The fraction of sp³-hybridized carbons (Fsp3) is 0.455. The van der Waals surface area contributed by atoms with Crippen molar-refractivity contribution in [3.63, 3.8) is 0 Å². The zero-order valence-corrected chi connectivity index (χ0v) is 8.13. The van der Waals surface area contributed by atoms with E-state index in [0.717, 1.165) is 0 Å². The third kappa shape index (κ3) is 1.27. The highest BCUT2D eigenvalue weighted by molar-refractivity contribution is 5.35. The Morgan fingerprint density at radius 3 is 2.07 bits per heavy atom. The fourth-order valence-electron chi connectivity index (χ4n) is 1.80. The minimum atomic E-state index is -2.52. The van der Waals surface area contributed by atoms with Crippen LogP contribution in [0.25, 0.3) is 0 Å². The summed E-state index contributed by atoms with van der Waals surface area (Å²) in [4.78, 5) is 0. The van der Waals surface area contributed by atoms with Gasteiger partial charge in [0.25, 0.3) is 5.92 Å². The lowest BCUT2D eigenvalue weighted by molar-refractivity contribution is 0.0964. The minimum absolute atomic E-state index is 0.532. The molecular weight excluding hydrogens is 186 g/mol. The van der Waals surface area contributed by atoms with Gasteiger partial charge in [0.05, 0.1) is 13.0 Å². The molecule has 76 valence electrons. The molecule has 3 heteroatoms. The number of halogens is 2. The normalized spacial score (nSPS) is 28.6. The Balaban J connectivity index is 2.20. The summed E-state index contributed by atoms with van der Waals surface area (Å²) in [5.41, 5.74) is 0.698. The van der Waals surface area contributed by atoms with Crippen LogP contribution in [0.15, 0.2) is 24.3 Å². The second-order valence-electron chi connectivity index (χ2n) is 3.71. The smallest absolute Gasteiger partial charge is 0.258 e. The predicted octanol–water partition coefficient (Wildman–Crippen LogP) is 3.06. The van der Waals surface area contributed by atoms with E-state index in [1.807, 2.05) is 0 Å². The van der Waals surface area contributed by atoms with Crippen molar-refractivity contribution in [3.05, 3.63) is 29.8 Å². The van der Waals surface area contributed by atoms with E-state index in [4.69, 9.17) is 4.74 Å². The van der Waals surface area contributed by atoms with E-state index in [9.17, 15) is 8.78 Å². The van der Waals surface area contributed by atoms with E-state index in [-0.39, 0.29) is 0 Å². The molecule has 2 atom stereocenters. The Bertz CT molecular complexity index is 332. The van der Waals surface area contributed by atoms with Gasteiger partial charge in [0.15, 0.2) is 0 Å². The van der Waals surface area contributed by atoms with Gasteiger partial charge in [-0.25, -0.2) is 8.78 Å². The molecule has 0 unspecified atom stereocenters. The molecule has 1 aromatic carbocycles. The second-order valence-corrected chi connectivity index (χ2v) is 3.71. The molecule has 1 fully saturated rings. The summed E-state index contributed by atoms with van der Waals surface area (Å²) in [6.07, 6.45) is 0. The van der Waals surface area contributed by atoms with Crippen LogP contribution in [0.5, 0.6) is 5.75 Å². The van der Waals surface area contributed by atoms with Gasteiger partial charge in [0.2, 0.25) is 0 Å². The van der Waals surface area contributed by atoms with Gasteiger partial charge in [0, 0.05) is 5.92 Å². The van der Waals surface area contributed by atoms with Gasteiger partial charge in [-0.3, -0.25) is 0 Å². The monoisotopic (exact) mass is 198 g/mol. The van der Waals surface area contributed by atoms with Gasteiger partial charge in [-0.2, -0.15) is 0 Å². The van der Waals surface area contributed by atoms with Crippen molar-refractivity contribution in [3.8, 4) is 5.75 Å². The Labute approximate surface area is 81.7 Å². The highest BCUT2D eigenvalue weighted by atomic mass is 19.3. The lowest BCUT2D eigenvalue weighted by Crippen LogP contribution is -1.93. The Hall–Kier alpha value is -1.12. The van der Waals surface area contributed by atoms with Crippen molar-refractivity contribution in [2.45, 2.75) is 18.8 Å². The standard InChI is InChI=1S/C11H12F2O/c1-7-10(11(7,12)13)8-3-5-9(14-2)6-4-8/h3-7,10H,1-2H3/t7-,10+/m1/s1. The summed E-state index contributed by atoms with van der Waals surface area (Å²) in [7, 11) is 1.56. The molecule has 1 aliphatic rings. The summed E-state index contributed by atoms with van der Waals surface area (Å²) in [6.45, 7) is 1.58. The summed E-state index contributed by atoms with van der Waals surface area (Å²) in [5, 5.41) is 0. The molecule has 0 radical (unpaired) electrons. The van der Waals surface area contributed by atoms with Crippen LogP contribution >= 0.6 is 0 Å². The zero-order valence-electron chi connectivity index (χ0n) is 8.13. The van der Waals surface area contributed by atoms with Gasteiger partial charge < -0.3 is 4.74 Å². The zero-order chi connectivity index (χ0) is 10.3. The number of ether oxygens (including phenoxy) is 1. The molecule has 1 saturated carbocycles. The van der Waals surface area contributed by atoms with Crippen LogP contribution in [0.3, 0.4) is 0 Å². The molecule has 0 spiro atoms. The van der Waals surface area contributed by atoms with E-state index < -0.39 is 17.8 Å². The number of hydrogen-bond acceptors (Lipinski definition) is 1. The number of methoxy groups -OCH3 is 1. The van der Waals surface area contributed by atoms with E-state index >= 15 is 0 Å². The average molecular weight is 198 g/mol. The summed E-state index contributed by atoms with van der Waals surface area (Å²) in [6, 6.07) is 6.86. The van der Waals surface area contributed by atoms with Gasteiger partial charge >= 0.3 is 0 Å². The molecule has 0 amide bonds. The van der Waals surface area contributed by atoms with E-state index in [1.165, 1.54) is 0 Å².